The van der Waals surface area contributed by atoms with Gasteiger partial charge in [-0.25, -0.2) is 4.57 Å². The van der Waals surface area contributed by atoms with Gasteiger partial charge in [0.1, 0.15) is 6.54 Å². The van der Waals surface area contributed by atoms with Crippen LogP contribution in [0.3, 0.4) is 0 Å². The van der Waals surface area contributed by atoms with Gasteiger partial charge < -0.3 is 5.11 Å². The molecule has 0 spiro atoms. The van der Waals surface area contributed by atoms with Crippen LogP contribution in [0, 0.1) is 16.7 Å². The Morgan fingerprint density at radius 2 is 2.08 bits per heavy atom. The summed E-state index contributed by atoms with van der Waals surface area (Å²) in [5.74, 6) is 0.596. The van der Waals surface area contributed by atoms with Crippen LogP contribution in [0.15, 0.2) is 24.5 Å². The van der Waals surface area contributed by atoms with Crippen molar-refractivity contribution in [1.82, 2.24) is 4.90 Å². The lowest BCUT2D eigenvalue weighted by Gasteiger charge is -2.39. The van der Waals surface area contributed by atoms with Gasteiger partial charge in [-0.2, -0.15) is 0 Å². The molecule has 3 nitrogen and oxygen atoms in total. The first-order valence-electron chi connectivity index (χ1n) is 9.67. The van der Waals surface area contributed by atoms with E-state index in [2.05, 4.69) is 68.7 Å². The van der Waals surface area contributed by atoms with Crippen molar-refractivity contribution in [2.75, 3.05) is 7.05 Å². The van der Waals surface area contributed by atoms with Crippen molar-refractivity contribution in [3.63, 3.8) is 0 Å². The molecule has 3 rings (SSSR count). The largest absolute Gasteiger partial charge is 0.391 e. The standard InChI is InChI=1S/C21H35N2O/c1-6-7-12-23-13-8-9-16(15-23)14-22(5)18-17-10-11-21(4,19(18)24)20(17,2)3/h8-9,13,15,17-19,24H,6-7,10-12,14H2,1-5H3/q+1/t17-,18-,19-,21+/m1/s1. The molecule has 0 radical (unpaired) electrons. The molecule has 1 aromatic heterocycles. The Hall–Kier alpha value is -0.930. The van der Waals surface area contributed by atoms with Gasteiger partial charge in [0.15, 0.2) is 12.4 Å². The first-order valence-corrected chi connectivity index (χ1v) is 9.67. The number of rotatable bonds is 6. The minimum absolute atomic E-state index is 0.0638. The van der Waals surface area contributed by atoms with Gasteiger partial charge in [0.25, 0.3) is 0 Å². The summed E-state index contributed by atoms with van der Waals surface area (Å²) in [6.07, 6.45) is 9.08. The third kappa shape index (κ3) is 2.70. The van der Waals surface area contributed by atoms with Crippen LogP contribution in [0.5, 0.6) is 0 Å². The Bertz CT molecular complexity index is 585. The summed E-state index contributed by atoms with van der Waals surface area (Å²) in [6.45, 7) is 11.3. The Labute approximate surface area is 147 Å². The van der Waals surface area contributed by atoms with Crippen LogP contribution in [0.4, 0.5) is 0 Å². The Kier molecular flexibility index (Phi) is 4.78. The van der Waals surface area contributed by atoms with Crippen LogP contribution < -0.4 is 4.57 Å². The van der Waals surface area contributed by atoms with Crippen LogP contribution in [0.25, 0.3) is 0 Å². The summed E-state index contributed by atoms with van der Waals surface area (Å²) in [5.41, 5.74) is 1.63. The molecule has 0 unspecified atom stereocenters. The average molecular weight is 332 g/mol. The quantitative estimate of drug-likeness (QED) is 0.809. The van der Waals surface area contributed by atoms with Crippen molar-refractivity contribution in [1.29, 1.82) is 0 Å². The van der Waals surface area contributed by atoms with Crippen LogP contribution in [0.1, 0.15) is 58.9 Å². The van der Waals surface area contributed by atoms with E-state index in [9.17, 15) is 5.11 Å². The maximum absolute atomic E-state index is 11.0. The van der Waals surface area contributed by atoms with Crippen LogP contribution in [-0.4, -0.2) is 29.2 Å². The van der Waals surface area contributed by atoms with Gasteiger partial charge >= 0.3 is 0 Å². The van der Waals surface area contributed by atoms with E-state index in [1.807, 2.05) is 0 Å². The fourth-order valence-corrected chi connectivity index (χ4v) is 5.38. The van der Waals surface area contributed by atoms with E-state index in [4.69, 9.17) is 0 Å². The minimum atomic E-state index is -0.216. The summed E-state index contributed by atoms with van der Waals surface area (Å²) < 4.78 is 2.30. The SMILES string of the molecule is CCCC[n+]1cccc(CN(C)[C@@H]2[C@H]3CC[C@@](C)([C@@H]2O)C3(C)C)c1. The van der Waals surface area contributed by atoms with Gasteiger partial charge in [0.05, 0.1) is 6.10 Å². The number of aliphatic hydroxyl groups is 1. The van der Waals surface area contributed by atoms with E-state index in [-0.39, 0.29) is 23.0 Å². The predicted molar refractivity (Wildman–Crippen MR) is 97.4 cm³/mol. The molecule has 2 fully saturated rings. The molecule has 1 heterocycles. The summed E-state index contributed by atoms with van der Waals surface area (Å²) in [4.78, 5) is 2.40. The Morgan fingerprint density at radius 3 is 2.71 bits per heavy atom. The average Bonchev–Trinajstić information content (AvgIpc) is 2.85. The maximum Gasteiger partial charge on any atom is 0.173 e. The number of aliphatic hydroxyl groups excluding tert-OH is 1. The molecule has 24 heavy (non-hydrogen) atoms. The second-order valence-corrected chi connectivity index (χ2v) is 8.94. The van der Waals surface area contributed by atoms with Gasteiger partial charge in [-0.1, -0.05) is 34.1 Å². The second kappa shape index (κ2) is 6.42. The van der Waals surface area contributed by atoms with Crippen molar-refractivity contribution in [2.24, 2.45) is 16.7 Å². The number of pyridine rings is 1. The zero-order valence-electron chi connectivity index (χ0n) is 16.1. The van der Waals surface area contributed by atoms with Crippen molar-refractivity contribution < 1.29 is 9.67 Å². The molecule has 3 heteroatoms. The topological polar surface area (TPSA) is 27.4 Å². The minimum Gasteiger partial charge on any atom is -0.391 e. The molecule has 1 N–H and O–H groups in total. The Morgan fingerprint density at radius 1 is 1.33 bits per heavy atom. The molecule has 2 aliphatic rings. The molecule has 0 aromatic carbocycles. The van der Waals surface area contributed by atoms with Gasteiger partial charge in [-0.15, -0.1) is 0 Å². The molecule has 1 aromatic rings. The lowest BCUT2D eigenvalue weighted by Crippen LogP contribution is -2.47. The summed E-state index contributed by atoms with van der Waals surface area (Å²) in [5, 5.41) is 11.0. The van der Waals surface area contributed by atoms with Gasteiger partial charge in [0.2, 0.25) is 0 Å². The molecule has 2 aliphatic carbocycles. The van der Waals surface area contributed by atoms with Gasteiger partial charge in [-0.3, -0.25) is 4.90 Å². The molecular formula is C21H35N2O+. The van der Waals surface area contributed by atoms with Gasteiger partial charge in [0, 0.05) is 36.1 Å². The zero-order chi connectivity index (χ0) is 17.5. The number of fused-ring (bicyclic) bond motifs is 2. The number of likely N-dealkylation sites (N-methyl/N-ethyl adjacent to an activating group) is 1. The third-order valence-corrected chi connectivity index (χ3v) is 7.39. The Balaban J connectivity index is 1.73. The lowest BCUT2D eigenvalue weighted by atomic mass is 9.70. The van der Waals surface area contributed by atoms with Crippen molar-refractivity contribution in [3.8, 4) is 0 Å². The first kappa shape index (κ1) is 17.9. The molecule has 2 saturated carbocycles. The normalized spacial score (nSPS) is 34.2. The highest BCUT2D eigenvalue weighted by Gasteiger charge is 2.66. The van der Waals surface area contributed by atoms with Crippen molar-refractivity contribution in [3.05, 3.63) is 30.1 Å². The molecule has 134 valence electrons. The van der Waals surface area contributed by atoms with Crippen molar-refractivity contribution >= 4 is 0 Å². The number of unbranched alkanes of at least 4 members (excludes halogenated alkanes) is 1. The summed E-state index contributed by atoms with van der Waals surface area (Å²) in [6, 6.07) is 4.65. The fourth-order valence-electron chi connectivity index (χ4n) is 5.38. The zero-order valence-corrected chi connectivity index (χ0v) is 16.1. The summed E-state index contributed by atoms with van der Waals surface area (Å²) in [7, 11) is 2.19. The predicted octanol–water partition coefficient (Wildman–Crippen LogP) is 3.39. The van der Waals surface area contributed by atoms with E-state index in [0.717, 1.165) is 13.1 Å². The highest BCUT2D eigenvalue weighted by atomic mass is 16.3. The maximum atomic E-state index is 11.0. The lowest BCUT2D eigenvalue weighted by molar-refractivity contribution is -0.697. The van der Waals surface area contributed by atoms with E-state index in [0.29, 0.717) is 5.92 Å². The number of aromatic nitrogens is 1. The van der Waals surface area contributed by atoms with Gasteiger partial charge in [-0.05, 0) is 37.3 Å². The van der Waals surface area contributed by atoms with Crippen LogP contribution in [0.2, 0.25) is 0 Å². The molecular weight excluding hydrogens is 296 g/mol. The first-order chi connectivity index (χ1) is 11.3. The summed E-state index contributed by atoms with van der Waals surface area (Å²) >= 11 is 0. The highest BCUT2D eigenvalue weighted by molar-refractivity contribution is 5.18. The van der Waals surface area contributed by atoms with Crippen LogP contribution in [-0.2, 0) is 13.1 Å². The third-order valence-electron chi connectivity index (χ3n) is 7.39. The van der Waals surface area contributed by atoms with Crippen molar-refractivity contribution in [2.45, 2.75) is 78.6 Å². The monoisotopic (exact) mass is 331 g/mol. The molecule has 0 saturated heterocycles. The molecule has 0 amide bonds. The molecule has 4 atom stereocenters. The number of aryl methyl sites for hydroxylation is 1. The van der Waals surface area contributed by atoms with E-state index >= 15 is 0 Å². The number of nitrogens with zero attached hydrogens (tertiary/aromatic N) is 2. The van der Waals surface area contributed by atoms with Crippen LogP contribution >= 0.6 is 0 Å². The fraction of sp³-hybridized carbons (Fsp3) is 0.762. The van der Waals surface area contributed by atoms with E-state index in [1.165, 1.54) is 31.2 Å². The molecule has 0 aliphatic heterocycles. The second-order valence-electron chi connectivity index (χ2n) is 8.94. The number of hydrogen-bond acceptors (Lipinski definition) is 2. The van der Waals surface area contributed by atoms with E-state index < -0.39 is 0 Å². The number of hydrogen-bond donors (Lipinski definition) is 1. The smallest absolute Gasteiger partial charge is 0.173 e. The molecule has 2 bridgehead atoms. The highest BCUT2D eigenvalue weighted by Crippen LogP contribution is 2.66. The van der Waals surface area contributed by atoms with E-state index in [1.54, 1.807) is 0 Å².